The van der Waals surface area contributed by atoms with E-state index in [0.29, 0.717) is 0 Å². The number of allylic oxidation sites excluding steroid dienone is 1. The Bertz CT molecular complexity index is 890. The Morgan fingerprint density at radius 1 is 1.16 bits per heavy atom. The fraction of sp³-hybridized carbons (Fsp3) is 0.529. The SMILES string of the molecule is N=C1NC(=O)[C@H](O)[C@H](C(F)(F)F)C1=C(N)C1CCN(c2ccc(C(F)(F)F)nn2)CC1. The van der Waals surface area contributed by atoms with Gasteiger partial charge < -0.3 is 21.1 Å². The number of alkyl halides is 6. The lowest BCUT2D eigenvalue weighted by molar-refractivity contribution is -0.191. The van der Waals surface area contributed by atoms with Gasteiger partial charge in [-0.1, -0.05) is 0 Å². The van der Waals surface area contributed by atoms with Gasteiger partial charge in [-0.05, 0) is 25.0 Å². The molecule has 2 fully saturated rings. The molecule has 170 valence electrons. The maximum atomic E-state index is 13.5. The molecule has 2 aliphatic rings. The normalized spacial score (nSPS) is 25.5. The predicted octanol–water partition coefficient (Wildman–Crippen LogP) is 1.57. The minimum atomic E-state index is -5.00. The Morgan fingerprint density at radius 3 is 2.26 bits per heavy atom. The van der Waals surface area contributed by atoms with Gasteiger partial charge >= 0.3 is 12.4 Å². The molecule has 8 nitrogen and oxygen atoms in total. The van der Waals surface area contributed by atoms with Gasteiger partial charge in [-0.15, -0.1) is 10.2 Å². The number of amides is 1. The maximum absolute atomic E-state index is 13.5. The summed E-state index contributed by atoms with van der Waals surface area (Å²) in [6, 6.07) is 1.94. The van der Waals surface area contributed by atoms with E-state index in [4.69, 9.17) is 11.1 Å². The van der Waals surface area contributed by atoms with Crippen molar-refractivity contribution in [2.75, 3.05) is 18.0 Å². The average Bonchev–Trinajstić information content (AvgIpc) is 2.68. The number of nitrogens with two attached hydrogens (primary N) is 1. The summed E-state index contributed by atoms with van der Waals surface area (Å²) in [4.78, 5) is 13.2. The molecule has 3 heterocycles. The molecule has 3 rings (SSSR count). The number of carbonyl (C=O) groups excluding carboxylic acids is 1. The fourth-order valence-corrected chi connectivity index (χ4v) is 3.68. The quantitative estimate of drug-likeness (QED) is 0.505. The molecular weight excluding hydrogens is 434 g/mol. The highest BCUT2D eigenvalue weighted by atomic mass is 19.4. The van der Waals surface area contributed by atoms with Gasteiger partial charge in [0.1, 0.15) is 17.9 Å². The van der Waals surface area contributed by atoms with Gasteiger partial charge in [0.05, 0.1) is 0 Å². The zero-order chi connectivity index (χ0) is 23.1. The van der Waals surface area contributed by atoms with Crippen LogP contribution in [-0.4, -0.2) is 52.4 Å². The van der Waals surface area contributed by atoms with Gasteiger partial charge in [0, 0.05) is 30.3 Å². The van der Waals surface area contributed by atoms with Crippen LogP contribution in [0.15, 0.2) is 23.4 Å². The highest BCUT2D eigenvalue weighted by molar-refractivity contribution is 6.11. The van der Waals surface area contributed by atoms with Gasteiger partial charge in [-0.2, -0.15) is 26.3 Å². The van der Waals surface area contributed by atoms with Crippen LogP contribution in [0.1, 0.15) is 18.5 Å². The predicted molar refractivity (Wildman–Crippen MR) is 94.6 cm³/mol. The molecule has 2 saturated heterocycles. The number of hydrogen-bond donors (Lipinski definition) is 4. The van der Waals surface area contributed by atoms with Gasteiger partial charge in [0.25, 0.3) is 5.91 Å². The third-order valence-electron chi connectivity index (χ3n) is 5.28. The summed E-state index contributed by atoms with van der Waals surface area (Å²) in [7, 11) is 0. The number of aliphatic hydroxyl groups excluding tert-OH is 1. The molecule has 5 N–H and O–H groups in total. The molecule has 0 aliphatic carbocycles. The van der Waals surface area contributed by atoms with E-state index in [1.165, 1.54) is 0 Å². The summed E-state index contributed by atoms with van der Waals surface area (Å²) in [5.74, 6) is -5.18. The third kappa shape index (κ3) is 4.57. The van der Waals surface area contributed by atoms with Crippen LogP contribution in [0.4, 0.5) is 32.2 Å². The lowest BCUT2D eigenvalue weighted by Crippen LogP contribution is -2.56. The van der Waals surface area contributed by atoms with Crippen molar-refractivity contribution >= 4 is 17.6 Å². The second-order valence-electron chi connectivity index (χ2n) is 7.23. The highest BCUT2D eigenvalue weighted by Crippen LogP contribution is 2.40. The number of amidine groups is 1. The topological polar surface area (TPSA) is 128 Å². The lowest BCUT2D eigenvalue weighted by atomic mass is 9.81. The summed E-state index contributed by atoms with van der Waals surface area (Å²) in [6.07, 6.45) is -11.6. The van der Waals surface area contributed by atoms with Gasteiger partial charge in [0.2, 0.25) is 0 Å². The van der Waals surface area contributed by atoms with E-state index >= 15 is 0 Å². The molecule has 1 aromatic heterocycles. The lowest BCUT2D eigenvalue weighted by Gasteiger charge is -2.37. The summed E-state index contributed by atoms with van der Waals surface area (Å²) in [5, 5.41) is 26.1. The Morgan fingerprint density at radius 2 is 1.77 bits per heavy atom. The Balaban J connectivity index is 1.78. The number of rotatable bonds is 2. The number of hydrogen-bond acceptors (Lipinski definition) is 7. The van der Waals surface area contributed by atoms with Crippen molar-refractivity contribution in [3.8, 4) is 0 Å². The molecule has 2 aliphatic heterocycles. The second-order valence-corrected chi connectivity index (χ2v) is 7.23. The molecule has 31 heavy (non-hydrogen) atoms. The molecule has 0 spiro atoms. The van der Waals surface area contributed by atoms with E-state index in [2.05, 4.69) is 10.2 Å². The molecule has 2 atom stereocenters. The van der Waals surface area contributed by atoms with Crippen molar-refractivity contribution in [2.45, 2.75) is 31.3 Å². The summed E-state index contributed by atoms with van der Waals surface area (Å²) in [6.45, 7) is 0.440. The van der Waals surface area contributed by atoms with Crippen molar-refractivity contribution < 1.29 is 36.2 Å². The molecular formula is C17H18F6N6O2. The van der Waals surface area contributed by atoms with Gasteiger partial charge in [-0.25, -0.2) is 0 Å². The van der Waals surface area contributed by atoms with Crippen molar-refractivity contribution in [1.29, 1.82) is 5.41 Å². The number of halogens is 6. The van der Waals surface area contributed by atoms with Crippen molar-refractivity contribution in [3.05, 3.63) is 29.1 Å². The number of nitrogens with zero attached hydrogens (tertiary/aromatic N) is 3. The standard InChI is InChI=1S/C17H18F6N6O2/c18-16(19,20)8-1-2-9(28-27-8)29-5-3-7(4-6-29)12(24)10-11(17(21,22)23)13(30)15(31)26-14(10)25/h1-2,7,11,13,30H,3-6,24H2,(H2,25,26,31)/t11-,13-/m1/s1. The molecule has 0 saturated carbocycles. The van der Waals surface area contributed by atoms with Crippen molar-refractivity contribution in [2.24, 2.45) is 17.6 Å². The first kappa shape index (κ1) is 22.8. The Kier molecular flexibility index (Phi) is 5.86. The van der Waals surface area contributed by atoms with Crippen LogP contribution in [0.5, 0.6) is 0 Å². The third-order valence-corrected chi connectivity index (χ3v) is 5.28. The first-order valence-electron chi connectivity index (χ1n) is 9.10. The van der Waals surface area contributed by atoms with E-state index in [-0.39, 0.29) is 37.4 Å². The van der Waals surface area contributed by atoms with Crippen LogP contribution < -0.4 is 16.0 Å². The first-order chi connectivity index (χ1) is 14.3. The first-order valence-corrected chi connectivity index (χ1v) is 9.10. The monoisotopic (exact) mass is 452 g/mol. The van der Waals surface area contributed by atoms with Crippen LogP contribution in [0, 0.1) is 17.2 Å². The van der Waals surface area contributed by atoms with E-state index in [9.17, 15) is 36.2 Å². The molecule has 0 bridgehead atoms. The van der Waals surface area contributed by atoms with Gasteiger partial charge in [0.15, 0.2) is 11.5 Å². The van der Waals surface area contributed by atoms with Crippen LogP contribution >= 0.6 is 0 Å². The number of nitrogens with one attached hydrogen (secondary N) is 2. The maximum Gasteiger partial charge on any atom is 0.435 e. The zero-order valence-corrected chi connectivity index (χ0v) is 15.8. The van der Waals surface area contributed by atoms with Crippen molar-refractivity contribution in [3.63, 3.8) is 0 Å². The number of aromatic nitrogens is 2. The number of piperidine rings is 2. The smallest absolute Gasteiger partial charge is 0.401 e. The summed E-state index contributed by atoms with van der Waals surface area (Å²) in [5.41, 5.74) is 3.89. The van der Waals surface area contributed by atoms with E-state index in [1.54, 1.807) is 4.90 Å². The summed E-state index contributed by atoms with van der Waals surface area (Å²) >= 11 is 0. The van der Waals surface area contributed by atoms with Crippen LogP contribution in [0.25, 0.3) is 0 Å². The van der Waals surface area contributed by atoms with Crippen LogP contribution in [0.3, 0.4) is 0 Å². The van der Waals surface area contributed by atoms with E-state index in [1.807, 2.05) is 5.32 Å². The number of anilines is 1. The van der Waals surface area contributed by atoms with Crippen LogP contribution in [-0.2, 0) is 11.0 Å². The molecule has 14 heteroatoms. The Labute approximate surface area is 171 Å². The second kappa shape index (κ2) is 7.98. The van der Waals surface area contributed by atoms with E-state index < -0.39 is 53.3 Å². The number of carbonyl (C=O) groups is 1. The average molecular weight is 452 g/mol. The fourth-order valence-electron chi connectivity index (χ4n) is 3.68. The minimum Gasteiger partial charge on any atom is -0.401 e. The van der Waals surface area contributed by atoms with Crippen molar-refractivity contribution in [1.82, 2.24) is 15.5 Å². The molecule has 0 aromatic carbocycles. The molecule has 1 amide bonds. The Hall–Kier alpha value is -2.90. The zero-order valence-electron chi connectivity index (χ0n) is 15.8. The number of aliphatic hydroxyl groups is 1. The van der Waals surface area contributed by atoms with Crippen LogP contribution in [0.2, 0.25) is 0 Å². The minimum absolute atomic E-state index is 0.180. The van der Waals surface area contributed by atoms with Gasteiger partial charge in [-0.3, -0.25) is 10.2 Å². The van der Waals surface area contributed by atoms with E-state index in [0.717, 1.165) is 12.1 Å². The molecule has 0 radical (unpaired) electrons. The largest absolute Gasteiger partial charge is 0.435 e. The highest BCUT2D eigenvalue weighted by Gasteiger charge is 2.54. The molecule has 1 aromatic rings. The summed E-state index contributed by atoms with van der Waals surface area (Å²) < 4.78 is 78.3. The molecule has 0 unspecified atom stereocenters.